The Labute approximate surface area is 179 Å². The average Bonchev–Trinajstić information content (AvgIpc) is 2.69. The monoisotopic (exact) mass is 405 g/mol. The van der Waals surface area contributed by atoms with Crippen molar-refractivity contribution in [3.05, 3.63) is 0 Å². The predicted molar refractivity (Wildman–Crippen MR) is 131 cm³/mol. The van der Waals surface area contributed by atoms with Crippen LogP contribution in [0.1, 0.15) is 130 Å². The van der Waals surface area contributed by atoms with Gasteiger partial charge in [0.2, 0.25) is 0 Å². The summed E-state index contributed by atoms with van der Waals surface area (Å²) in [6, 6.07) is 0. The lowest BCUT2D eigenvalue weighted by molar-refractivity contribution is 0.283. The molecule has 0 heterocycles. The van der Waals surface area contributed by atoms with Crippen LogP contribution >= 0.6 is 0 Å². The van der Waals surface area contributed by atoms with Crippen molar-refractivity contribution in [3.63, 3.8) is 0 Å². The first-order valence-electron chi connectivity index (χ1n) is 12.3. The molecule has 7 N–H and O–H groups in total. The van der Waals surface area contributed by atoms with E-state index in [2.05, 4.69) is 33.0 Å². The van der Waals surface area contributed by atoms with Gasteiger partial charge >= 0.3 is 0 Å². The fourth-order valence-corrected chi connectivity index (χ4v) is 2.59. The topological polar surface area (TPSA) is 93.3 Å². The van der Waals surface area contributed by atoms with E-state index in [4.69, 9.17) is 10.8 Å². The molecule has 176 valence electrons. The number of aliphatic hydroxyl groups excluding tert-OH is 1. The SMILES string of the molecule is CCCCCCN.CCCCCCNCCCCCC.CCCCCCO.N. The van der Waals surface area contributed by atoms with Crippen LogP contribution in [0.3, 0.4) is 0 Å². The molecule has 0 saturated heterocycles. The molecule has 0 aromatic heterocycles. The summed E-state index contributed by atoms with van der Waals surface area (Å²) in [5, 5.41) is 11.8. The molecular formula is C24H59N3O. The van der Waals surface area contributed by atoms with Crippen LogP contribution in [0, 0.1) is 0 Å². The molecule has 0 aliphatic carbocycles. The molecule has 0 bridgehead atoms. The van der Waals surface area contributed by atoms with E-state index in [-0.39, 0.29) is 6.15 Å². The lowest BCUT2D eigenvalue weighted by atomic mass is 10.2. The zero-order chi connectivity index (χ0) is 20.8. The fraction of sp³-hybridized carbons (Fsp3) is 1.00. The first-order chi connectivity index (χ1) is 13.2. The Balaban J connectivity index is -0.000000165. The van der Waals surface area contributed by atoms with Gasteiger partial charge in [0.05, 0.1) is 0 Å². The Morgan fingerprint density at radius 3 is 1.21 bits per heavy atom. The summed E-state index contributed by atoms with van der Waals surface area (Å²) in [5.74, 6) is 0. The van der Waals surface area contributed by atoms with Gasteiger partial charge in [0, 0.05) is 6.61 Å². The number of nitrogens with two attached hydrogens (primary N) is 1. The quantitative estimate of drug-likeness (QED) is 0.185. The Kier molecular flexibility index (Phi) is 52.0. The lowest BCUT2D eigenvalue weighted by Crippen LogP contribution is -2.16. The Morgan fingerprint density at radius 2 is 0.893 bits per heavy atom. The van der Waals surface area contributed by atoms with Gasteiger partial charge in [-0.1, -0.05) is 105 Å². The van der Waals surface area contributed by atoms with Gasteiger partial charge in [-0.2, -0.15) is 0 Å². The molecule has 0 spiro atoms. The van der Waals surface area contributed by atoms with Crippen molar-refractivity contribution >= 4 is 0 Å². The zero-order valence-corrected chi connectivity index (χ0v) is 20.4. The standard InChI is InChI=1S/C12H27N.C6H15N.C6H14O.H3N/c1-3-5-7-9-11-13-12-10-8-6-4-2;2*1-2-3-4-5-6-7;/h13H,3-12H2,1-2H3;2-7H2,1H3;7H,2-6H2,1H3;1H3. The third-order valence-electron chi connectivity index (χ3n) is 4.48. The van der Waals surface area contributed by atoms with Gasteiger partial charge < -0.3 is 22.3 Å². The van der Waals surface area contributed by atoms with E-state index < -0.39 is 0 Å². The van der Waals surface area contributed by atoms with Crippen molar-refractivity contribution in [2.24, 2.45) is 5.73 Å². The van der Waals surface area contributed by atoms with E-state index in [1.807, 2.05) is 0 Å². The summed E-state index contributed by atoms with van der Waals surface area (Å²) >= 11 is 0. The maximum atomic E-state index is 8.29. The molecule has 28 heavy (non-hydrogen) atoms. The van der Waals surface area contributed by atoms with Gasteiger partial charge in [0.25, 0.3) is 0 Å². The van der Waals surface area contributed by atoms with Gasteiger partial charge in [-0.15, -0.1) is 0 Å². The van der Waals surface area contributed by atoms with Gasteiger partial charge in [0.1, 0.15) is 0 Å². The second-order valence-electron chi connectivity index (χ2n) is 7.50. The molecule has 0 rings (SSSR count). The maximum Gasteiger partial charge on any atom is 0.0431 e. The molecule has 0 unspecified atom stereocenters. The fourth-order valence-electron chi connectivity index (χ4n) is 2.59. The minimum absolute atomic E-state index is 0. The average molecular weight is 406 g/mol. The van der Waals surface area contributed by atoms with Crippen molar-refractivity contribution in [2.75, 3.05) is 26.2 Å². The van der Waals surface area contributed by atoms with E-state index in [0.29, 0.717) is 6.61 Å². The first-order valence-corrected chi connectivity index (χ1v) is 12.3. The van der Waals surface area contributed by atoms with E-state index in [9.17, 15) is 0 Å². The predicted octanol–water partition coefficient (Wildman–Crippen LogP) is 6.98. The third kappa shape index (κ3) is 50.1. The van der Waals surface area contributed by atoms with Gasteiger partial charge in [-0.05, 0) is 45.3 Å². The van der Waals surface area contributed by atoms with E-state index >= 15 is 0 Å². The summed E-state index contributed by atoms with van der Waals surface area (Å²) in [5.41, 5.74) is 5.27. The highest BCUT2D eigenvalue weighted by molar-refractivity contribution is 4.49. The smallest absolute Gasteiger partial charge is 0.0431 e. The highest BCUT2D eigenvalue weighted by Crippen LogP contribution is 1.99. The molecule has 0 saturated carbocycles. The molecule has 0 aliphatic rings. The van der Waals surface area contributed by atoms with Crippen LogP contribution in [0.15, 0.2) is 0 Å². The van der Waals surface area contributed by atoms with Crippen LogP contribution in [-0.4, -0.2) is 31.3 Å². The molecule has 0 atom stereocenters. The number of unbranched alkanes of at least 4 members (excludes halogenated alkanes) is 12. The van der Waals surface area contributed by atoms with Crippen LogP contribution in [0.4, 0.5) is 0 Å². The Bertz CT molecular complexity index is 176. The van der Waals surface area contributed by atoms with Crippen LogP contribution in [-0.2, 0) is 0 Å². The van der Waals surface area contributed by atoms with Gasteiger partial charge in [-0.25, -0.2) is 0 Å². The Morgan fingerprint density at radius 1 is 0.536 bits per heavy atom. The summed E-state index contributed by atoms with van der Waals surface area (Å²) in [6.45, 7) is 12.6. The minimum Gasteiger partial charge on any atom is -0.396 e. The number of hydrogen-bond donors (Lipinski definition) is 4. The second kappa shape index (κ2) is 41.3. The van der Waals surface area contributed by atoms with Crippen molar-refractivity contribution in [3.8, 4) is 0 Å². The summed E-state index contributed by atoms with van der Waals surface area (Å²) in [6.07, 6.45) is 20.9. The van der Waals surface area contributed by atoms with Crippen LogP contribution in [0.25, 0.3) is 0 Å². The number of aliphatic hydroxyl groups is 1. The van der Waals surface area contributed by atoms with Crippen molar-refractivity contribution in [1.29, 1.82) is 0 Å². The molecule has 0 amide bonds. The van der Waals surface area contributed by atoms with Gasteiger partial charge in [0.15, 0.2) is 0 Å². The highest BCUT2D eigenvalue weighted by atomic mass is 16.2. The van der Waals surface area contributed by atoms with Crippen LogP contribution in [0.5, 0.6) is 0 Å². The van der Waals surface area contributed by atoms with Crippen LogP contribution in [0.2, 0.25) is 0 Å². The Hall–Kier alpha value is -0.160. The molecule has 0 aromatic rings. The van der Waals surface area contributed by atoms with E-state index in [1.165, 1.54) is 109 Å². The third-order valence-corrected chi connectivity index (χ3v) is 4.48. The number of nitrogens with one attached hydrogen (secondary N) is 1. The zero-order valence-electron chi connectivity index (χ0n) is 20.4. The molecule has 0 aromatic carbocycles. The van der Waals surface area contributed by atoms with Crippen molar-refractivity contribution in [1.82, 2.24) is 11.5 Å². The largest absolute Gasteiger partial charge is 0.396 e. The summed E-state index contributed by atoms with van der Waals surface area (Å²) < 4.78 is 0. The van der Waals surface area contributed by atoms with Crippen molar-refractivity contribution in [2.45, 2.75) is 130 Å². The molecule has 4 nitrogen and oxygen atoms in total. The molecule has 0 radical (unpaired) electrons. The maximum absolute atomic E-state index is 8.29. The van der Waals surface area contributed by atoms with Crippen molar-refractivity contribution < 1.29 is 5.11 Å². The molecule has 0 aliphatic heterocycles. The van der Waals surface area contributed by atoms with Crippen LogP contribution < -0.4 is 17.2 Å². The van der Waals surface area contributed by atoms with Gasteiger partial charge in [-0.3, -0.25) is 0 Å². The molecular weight excluding hydrogens is 346 g/mol. The van der Waals surface area contributed by atoms with E-state index in [0.717, 1.165) is 13.0 Å². The highest BCUT2D eigenvalue weighted by Gasteiger charge is 1.89. The molecule has 4 heteroatoms. The number of hydrogen-bond acceptors (Lipinski definition) is 4. The first kappa shape index (κ1) is 35.3. The summed E-state index contributed by atoms with van der Waals surface area (Å²) in [4.78, 5) is 0. The summed E-state index contributed by atoms with van der Waals surface area (Å²) in [7, 11) is 0. The van der Waals surface area contributed by atoms with E-state index in [1.54, 1.807) is 0 Å². The number of rotatable bonds is 18. The second-order valence-corrected chi connectivity index (χ2v) is 7.50. The molecule has 0 fully saturated rings. The minimum atomic E-state index is 0. The normalized spacial score (nSPS) is 9.64. The lowest BCUT2D eigenvalue weighted by Gasteiger charge is -2.03.